The van der Waals surface area contributed by atoms with Crippen LogP contribution in [0.1, 0.15) is 29.4 Å². The van der Waals surface area contributed by atoms with Crippen molar-refractivity contribution in [2.24, 2.45) is 0 Å². The SMILES string of the molecule is C=CCCCN(C)c1sc(C(C)=O)cc1[N+](=O)[O-]. The Labute approximate surface area is 110 Å². The van der Waals surface area contributed by atoms with E-state index < -0.39 is 4.92 Å². The maximum atomic E-state index is 11.3. The Morgan fingerprint density at radius 1 is 1.67 bits per heavy atom. The van der Waals surface area contributed by atoms with Crippen molar-refractivity contribution < 1.29 is 9.72 Å². The molecule has 0 aliphatic rings. The molecule has 5 nitrogen and oxygen atoms in total. The van der Waals surface area contributed by atoms with Gasteiger partial charge in [-0.25, -0.2) is 0 Å². The Balaban J connectivity index is 2.94. The van der Waals surface area contributed by atoms with E-state index in [9.17, 15) is 14.9 Å². The van der Waals surface area contributed by atoms with Crippen LogP contribution < -0.4 is 4.90 Å². The third kappa shape index (κ3) is 3.40. The Morgan fingerprint density at radius 3 is 2.83 bits per heavy atom. The van der Waals surface area contributed by atoms with Gasteiger partial charge in [-0.2, -0.15) is 0 Å². The van der Waals surface area contributed by atoms with Gasteiger partial charge in [0.1, 0.15) is 0 Å². The molecule has 0 radical (unpaired) electrons. The molecule has 98 valence electrons. The molecule has 0 saturated heterocycles. The summed E-state index contributed by atoms with van der Waals surface area (Å²) < 4.78 is 0. The highest BCUT2D eigenvalue weighted by Gasteiger charge is 2.23. The summed E-state index contributed by atoms with van der Waals surface area (Å²) in [7, 11) is 1.80. The first-order chi connectivity index (χ1) is 8.47. The van der Waals surface area contributed by atoms with Crippen molar-refractivity contribution in [3.05, 3.63) is 33.7 Å². The van der Waals surface area contributed by atoms with Crippen molar-refractivity contribution in [3.8, 4) is 0 Å². The normalized spacial score (nSPS) is 10.1. The van der Waals surface area contributed by atoms with Crippen LogP contribution in [0.15, 0.2) is 18.7 Å². The fourth-order valence-electron chi connectivity index (χ4n) is 1.52. The van der Waals surface area contributed by atoms with Gasteiger partial charge in [0, 0.05) is 19.7 Å². The fraction of sp³-hybridized carbons (Fsp3) is 0.417. The van der Waals surface area contributed by atoms with Gasteiger partial charge in [-0.15, -0.1) is 17.9 Å². The van der Waals surface area contributed by atoms with Gasteiger partial charge in [0.25, 0.3) is 0 Å². The number of allylic oxidation sites excluding steroid dienone is 1. The third-order valence-corrected chi connectivity index (χ3v) is 3.83. The predicted molar refractivity (Wildman–Crippen MR) is 73.7 cm³/mol. The topological polar surface area (TPSA) is 63.5 Å². The summed E-state index contributed by atoms with van der Waals surface area (Å²) in [5.74, 6) is -0.145. The number of Topliss-reactive ketones (excluding diaryl/α,β-unsaturated/α-hetero) is 1. The Kier molecular flexibility index (Phi) is 5.03. The average molecular weight is 268 g/mol. The highest BCUT2D eigenvalue weighted by atomic mass is 32.1. The van der Waals surface area contributed by atoms with Crippen molar-refractivity contribution >= 4 is 27.8 Å². The summed E-state index contributed by atoms with van der Waals surface area (Å²) in [5.41, 5.74) is 0.00584. The highest BCUT2D eigenvalue weighted by Crippen LogP contribution is 2.37. The highest BCUT2D eigenvalue weighted by molar-refractivity contribution is 7.18. The smallest absolute Gasteiger partial charge is 0.304 e. The van der Waals surface area contributed by atoms with Crippen LogP contribution in [0, 0.1) is 10.1 Å². The van der Waals surface area contributed by atoms with Gasteiger partial charge in [0.2, 0.25) is 0 Å². The Bertz CT molecular complexity index is 468. The summed E-state index contributed by atoms with van der Waals surface area (Å²) in [6.07, 6.45) is 3.56. The number of ketones is 1. The molecule has 1 rings (SSSR count). The van der Waals surface area contributed by atoms with E-state index >= 15 is 0 Å². The molecule has 0 saturated carbocycles. The first-order valence-corrected chi connectivity index (χ1v) is 6.40. The number of hydrogen-bond acceptors (Lipinski definition) is 5. The number of thiophene rings is 1. The molecule has 0 aromatic carbocycles. The molecule has 0 bridgehead atoms. The number of carbonyl (C=O) groups is 1. The van der Waals surface area contributed by atoms with E-state index in [1.807, 2.05) is 11.0 Å². The molecule has 6 heteroatoms. The summed E-state index contributed by atoms with van der Waals surface area (Å²) in [6.45, 7) is 5.75. The Hall–Kier alpha value is -1.69. The maximum absolute atomic E-state index is 11.3. The minimum atomic E-state index is -0.442. The first-order valence-electron chi connectivity index (χ1n) is 5.58. The molecule has 1 heterocycles. The van der Waals surface area contributed by atoms with Gasteiger partial charge < -0.3 is 4.90 Å². The van der Waals surface area contributed by atoms with Crippen LogP contribution in [0.25, 0.3) is 0 Å². The number of nitro groups is 1. The summed E-state index contributed by atoms with van der Waals surface area (Å²) in [4.78, 5) is 24.0. The lowest BCUT2D eigenvalue weighted by atomic mass is 10.3. The Morgan fingerprint density at radius 2 is 2.33 bits per heavy atom. The van der Waals surface area contributed by atoms with E-state index in [1.165, 1.54) is 24.3 Å². The second-order valence-electron chi connectivity index (χ2n) is 3.97. The predicted octanol–water partition coefficient (Wildman–Crippen LogP) is 3.26. The van der Waals surface area contributed by atoms with Crippen molar-refractivity contribution in [3.63, 3.8) is 0 Å². The van der Waals surface area contributed by atoms with Gasteiger partial charge in [0.15, 0.2) is 10.8 Å². The third-order valence-electron chi connectivity index (χ3n) is 2.49. The molecule has 0 aliphatic heterocycles. The molecular weight excluding hydrogens is 252 g/mol. The van der Waals surface area contributed by atoms with Gasteiger partial charge in [-0.3, -0.25) is 14.9 Å². The molecule has 0 unspecified atom stereocenters. The number of nitrogens with zero attached hydrogens (tertiary/aromatic N) is 2. The van der Waals surface area contributed by atoms with Gasteiger partial charge in [-0.1, -0.05) is 6.08 Å². The minimum absolute atomic E-state index is 0.00584. The van der Waals surface area contributed by atoms with E-state index in [1.54, 1.807) is 7.05 Å². The fourth-order valence-corrected chi connectivity index (χ4v) is 2.53. The van der Waals surface area contributed by atoms with Crippen LogP contribution in [-0.2, 0) is 0 Å². The zero-order valence-electron chi connectivity index (χ0n) is 10.5. The molecule has 0 amide bonds. The van der Waals surface area contributed by atoms with Gasteiger partial charge in [-0.05, 0) is 19.8 Å². The van der Waals surface area contributed by atoms with Crippen LogP contribution in [0.3, 0.4) is 0 Å². The van der Waals surface area contributed by atoms with Gasteiger partial charge in [0.05, 0.1) is 9.80 Å². The molecule has 0 atom stereocenters. The first kappa shape index (κ1) is 14.4. The number of rotatable bonds is 7. The summed E-state index contributed by atoms with van der Waals surface area (Å²) in [6, 6.07) is 1.35. The second kappa shape index (κ2) is 6.30. The number of carbonyl (C=O) groups excluding carboxylic acids is 1. The summed E-state index contributed by atoms with van der Waals surface area (Å²) >= 11 is 1.17. The molecule has 0 aliphatic carbocycles. The number of anilines is 1. The minimum Gasteiger partial charge on any atom is -0.361 e. The van der Waals surface area contributed by atoms with Crippen LogP contribution >= 0.6 is 11.3 Å². The quantitative estimate of drug-likeness (QED) is 0.250. The van der Waals surface area contributed by atoms with E-state index in [2.05, 4.69) is 6.58 Å². The monoisotopic (exact) mass is 268 g/mol. The molecule has 0 N–H and O–H groups in total. The standard InChI is InChI=1S/C12H16N2O3S/c1-4-5-6-7-13(3)12-10(14(16)17)8-11(18-12)9(2)15/h4,8H,1,5-7H2,2-3H3. The van der Waals surface area contributed by atoms with E-state index in [4.69, 9.17) is 0 Å². The molecular formula is C12H16N2O3S. The lowest BCUT2D eigenvalue weighted by molar-refractivity contribution is -0.383. The van der Waals surface area contributed by atoms with Crippen molar-refractivity contribution in [1.29, 1.82) is 0 Å². The molecule has 0 spiro atoms. The zero-order chi connectivity index (χ0) is 13.7. The second-order valence-corrected chi connectivity index (χ2v) is 5.00. The lowest BCUT2D eigenvalue weighted by Crippen LogP contribution is -2.17. The molecule has 18 heavy (non-hydrogen) atoms. The number of unbranched alkanes of at least 4 members (excludes halogenated alkanes) is 1. The molecule has 0 fully saturated rings. The van der Waals surface area contributed by atoms with Crippen LogP contribution in [0.5, 0.6) is 0 Å². The van der Waals surface area contributed by atoms with Crippen LogP contribution in [-0.4, -0.2) is 24.3 Å². The van der Waals surface area contributed by atoms with Crippen LogP contribution in [0.2, 0.25) is 0 Å². The van der Waals surface area contributed by atoms with E-state index in [-0.39, 0.29) is 11.5 Å². The van der Waals surface area contributed by atoms with Crippen molar-refractivity contribution in [2.45, 2.75) is 19.8 Å². The zero-order valence-corrected chi connectivity index (χ0v) is 11.3. The summed E-state index contributed by atoms with van der Waals surface area (Å²) in [5, 5.41) is 11.5. The van der Waals surface area contributed by atoms with Gasteiger partial charge >= 0.3 is 5.69 Å². The van der Waals surface area contributed by atoms with Crippen molar-refractivity contribution in [1.82, 2.24) is 0 Å². The van der Waals surface area contributed by atoms with E-state index in [0.717, 1.165) is 12.8 Å². The molecule has 1 aromatic heterocycles. The van der Waals surface area contributed by atoms with E-state index in [0.29, 0.717) is 16.4 Å². The molecule has 1 aromatic rings. The van der Waals surface area contributed by atoms with Crippen molar-refractivity contribution in [2.75, 3.05) is 18.5 Å². The largest absolute Gasteiger partial charge is 0.361 e. The average Bonchev–Trinajstić information content (AvgIpc) is 2.74. The van der Waals surface area contributed by atoms with Crippen LogP contribution in [0.4, 0.5) is 10.7 Å². The number of hydrogen-bond donors (Lipinski definition) is 0. The maximum Gasteiger partial charge on any atom is 0.304 e. The lowest BCUT2D eigenvalue weighted by Gasteiger charge is -2.15.